The zero-order chi connectivity index (χ0) is 15.1. The number of amides is 1. The van der Waals surface area contributed by atoms with E-state index in [1.54, 1.807) is 23.1 Å². The van der Waals surface area contributed by atoms with Crippen LogP contribution in [0, 0.1) is 0 Å². The molecular weight excluding hydrogens is 375 g/mol. The molecule has 1 aliphatic heterocycles. The summed E-state index contributed by atoms with van der Waals surface area (Å²) in [6.07, 6.45) is 0. The fourth-order valence-electron chi connectivity index (χ4n) is 2.45. The minimum absolute atomic E-state index is 0.124. The van der Waals surface area contributed by atoms with Crippen LogP contribution >= 0.6 is 39.1 Å². The van der Waals surface area contributed by atoms with Gasteiger partial charge < -0.3 is 10.6 Å². The summed E-state index contributed by atoms with van der Waals surface area (Å²) in [4.78, 5) is 13.8. The zero-order valence-corrected chi connectivity index (χ0v) is 13.9. The Kier molecular flexibility index (Phi) is 3.97. The molecule has 1 saturated heterocycles. The van der Waals surface area contributed by atoms with Crippen molar-refractivity contribution in [1.82, 2.24) is 0 Å². The number of nitrogens with two attached hydrogens (primary N) is 1. The lowest BCUT2D eigenvalue weighted by Gasteiger charge is -2.45. The smallest absolute Gasteiger partial charge is 0.247 e. The van der Waals surface area contributed by atoms with E-state index in [9.17, 15) is 4.79 Å². The molecule has 2 aromatic rings. The molecule has 21 heavy (non-hydrogen) atoms. The van der Waals surface area contributed by atoms with Crippen molar-refractivity contribution < 1.29 is 4.79 Å². The first kappa shape index (κ1) is 14.9. The Bertz CT molecular complexity index is 705. The van der Waals surface area contributed by atoms with Crippen molar-refractivity contribution in [3.8, 4) is 0 Å². The Morgan fingerprint density at radius 3 is 2.33 bits per heavy atom. The highest BCUT2D eigenvalue weighted by Crippen LogP contribution is 2.40. The fraction of sp³-hybridized carbons (Fsp3) is 0.133. The van der Waals surface area contributed by atoms with Crippen molar-refractivity contribution in [2.24, 2.45) is 5.73 Å². The van der Waals surface area contributed by atoms with Crippen LogP contribution in [-0.4, -0.2) is 11.9 Å². The minimum Gasteiger partial charge on any atom is -0.318 e. The number of benzene rings is 2. The van der Waals surface area contributed by atoms with Crippen molar-refractivity contribution in [1.29, 1.82) is 0 Å². The maximum atomic E-state index is 12.1. The molecule has 0 radical (unpaired) electrons. The molecule has 0 spiro atoms. The van der Waals surface area contributed by atoms with Crippen LogP contribution in [0.1, 0.15) is 11.6 Å². The molecule has 0 aliphatic carbocycles. The first-order chi connectivity index (χ1) is 9.99. The number of halogens is 3. The highest BCUT2D eigenvalue weighted by molar-refractivity contribution is 9.10. The van der Waals surface area contributed by atoms with Gasteiger partial charge in [-0.1, -0.05) is 51.3 Å². The van der Waals surface area contributed by atoms with Gasteiger partial charge in [-0.3, -0.25) is 4.79 Å². The second-order valence-electron chi connectivity index (χ2n) is 4.83. The third kappa shape index (κ3) is 2.57. The quantitative estimate of drug-likeness (QED) is 0.788. The molecule has 108 valence electrons. The van der Waals surface area contributed by atoms with E-state index >= 15 is 0 Å². The second kappa shape index (κ2) is 5.61. The topological polar surface area (TPSA) is 46.3 Å². The second-order valence-corrected chi connectivity index (χ2v) is 6.56. The SMILES string of the molecule is N[C@@H]1C(=O)N(c2ccc(Cl)c(Cl)c2)[C@H]1c1ccc(Br)cc1. The predicted octanol–water partition coefficient (Wildman–Crippen LogP) is 4.17. The monoisotopic (exact) mass is 384 g/mol. The van der Waals surface area contributed by atoms with Crippen LogP contribution in [0.2, 0.25) is 10.0 Å². The van der Waals surface area contributed by atoms with Gasteiger partial charge in [0.2, 0.25) is 5.91 Å². The first-order valence-electron chi connectivity index (χ1n) is 6.28. The normalized spacial score (nSPS) is 21.3. The van der Waals surface area contributed by atoms with Crippen molar-refractivity contribution in [3.05, 3.63) is 62.5 Å². The van der Waals surface area contributed by atoms with Crippen LogP contribution < -0.4 is 10.6 Å². The molecule has 0 aromatic heterocycles. The van der Waals surface area contributed by atoms with Crippen molar-refractivity contribution in [2.75, 3.05) is 4.90 Å². The molecule has 0 bridgehead atoms. The van der Waals surface area contributed by atoms with Gasteiger partial charge in [0.15, 0.2) is 0 Å². The number of β-lactam (4-membered cyclic amide) rings is 1. The molecule has 6 heteroatoms. The summed E-state index contributed by atoms with van der Waals surface area (Å²) < 4.78 is 0.978. The summed E-state index contributed by atoms with van der Waals surface area (Å²) in [7, 11) is 0. The Morgan fingerprint density at radius 2 is 1.71 bits per heavy atom. The molecule has 0 unspecified atom stereocenters. The van der Waals surface area contributed by atoms with Crippen molar-refractivity contribution in [2.45, 2.75) is 12.1 Å². The van der Waals surface area contributed by atoms with Crippen LogP contribution in [0.3, 0.4) is 0 Å². The Balaban J connectivity index is 1.98. The lowest BCUT2D eigenvalue weighted by Crippen LogP contribution is -2.63. The summed E-state index contributed by atoms with van der Waals surface area (Å²) in [6, 6.07) is 12.1. The summed E-state index contributed by atoms with van der Waals surface area (Å²) in [5.41, 5.74) is 7.65. The third-order valence-electron chi connectivity index (χ3n) is 3.53. The average molecular weight is 386 g/mol. The number of carbonyl (C=O) groups is 1. The summed E-state index contributed by atoms with van der Waals surface area (Å²) in [5.74, 6) is -0.124. The minimum atomic E-state index is -0.541. The van der Waals surface area contributed by atoms with E-state index in [4.69, 9.17) is 28.9 Å². The molecule has 3 rings (SSSR count). The Hall–Kier alpha value is -1.07. The highest BCUT2D eigenvalue weighted by atomic mass is 79.9. The molecular formula is C15H11BrCl2N2O. The molecule has 1 heterocycles. The lowest BCUT2D eigenvalue weighted by atomic mass is 9.88. The van der Waals surface area contributed by atoms with E-state index < -0.39 is 6.04 Å². The Labute approximate surface area is 140 Å². The molecule has 1 amide bonds. The maximum absolute atomic E-state index is 12.1. The van der Waals surface area contributed by atoms with Gasteiger partial charge in [0.05, 0.1) is 16.1 Å². The van der Waals surface area contributed by atoms with Gasteiger partial charge in [0.25, 0.3) is 0 Å². The number of hydrogen-bond donors (Lipinski definition) is 1. The maximum Gasteiger partial charge on any atom is 0.247 e. The van der Waals surface area contributed by atoms with Gasteiger partial charge in [-0.05, 0) is 35.9 Å². The molecule has 3 nitrogen and oxygen atoms in total. The average Bonchev–Trinajstić information content (AvgIpc) is 2.48. The van der Waals surface area contributed by atoms with Crippen LogP contribution in [0.25, 0.3) is 0 Å². The van der Waals surface area contributed by atoms with E-state index in [0.717, 1.165) is 10.0 Å². The fourth-order valence-corrected chi connectivity index (χ4v) is 3.01. The van der Waals surface area contributed by atoms with E-state index in [2.05, 4.69) is 15.9 Å². The van der Waals surface area contributed by atoms with Crippen LogP contribution in [0.4, 0.5) is 5.69 Å². The van der Waals surface area contributed by atoms with Gasteiger partial charge in [-0.25, -0.2) is 0 Å². The van der Waals surface area contributed by atoms with Crippen molar-refractivity contribution in [3.63, 3.8) is 0 Å². The summed E-state index contributed by atoms with van der Waals surface area (Å²) in [5, 5.41) is 0.870. The molecule has 0 saturated carbocycles. The summed E-state index contributed by atoms with van der Waals surface area (Å²) in [6.45, 7) is 0. The molecule has 1 aliphatic rings. The van der Waals surface area contributed by atoms with Gasteiger partial charge in [0.1, 0.15) is 6.04 Å². The van der Waals surface area contributed by atoms with Gasteiger partial charge >= 0.3 is 0 Å². The molecule has 1 fully saturated rings. The number of carbonyl (C=O) groups excluding carboxylic acids is 1. The standard InChI is InChI=1S/C15H11BrCl2N2O/c16-9-3-1-8(2-4-9)14-13(19)15(21)20(14)10-5-6-11(17)12(18)7-10/h1-7,13-14H,19H2/t13-,14-/m0/s1. The van der Waals surface area contributed by atoms with Crippen LogP contribution in [0.15, 0.2) is 46.9 Å². The van der Waals surface area contributed by atoms with Gasteiger partial charge in [-0.2, -0.15) is 0 Å². The molecule has 2 aromatic carbocycles. The largest absolute Gasteiger partial charge is 0.318 e. The number of nitrogens with zero attached hydrogens (tertiary/aromatic N) is 1. The van der Waals surface area contributed by atoms with Gasteiger partial charge in [0, 0.05) is 10.2 Å². The number of anilines is 1. The van der Waals surface area contributed by atoms with Gasteiger partial charge in [-0.15, -0.1) is 0 Å². The predicted molar refractivity (Wildman–Crippen MR) is 88.8 cm³/mol. The van der Waals surface area contributed by atoms with E-state index in [1.165, 1.54) is 0 Å². The number of rotatable bonds is 2. The first-order valence-corrected chi connectivity index (χ1v) is 7.83. The Morgan fingerprint density at radius 1 is 1.05 bits per heavy atom. The highest BCUT2D eigenvalue weighted by Gasteiger charge is 2.46. The molecule has 2 N–H and O–H groups in total. The van der Waals surface area contributed by atoms with E-state index in [0.29, 0.717) is 15.7 Å². The summed E-state index contributed by atoms with van der Waals surface area (Å²) >= 11 is 15.3. The zero-order valence-electron chi connectivity index (χ0n) is 10.8. The van der Waals surface area contributed by atoms with Crippen LogP contribution in [0.5, 0.6) is 0 Å². The third-order valence-corrected chi connectivity index (χ3v) is 4.80. The lowest BCUT2D eigenvalue weighted by molar-refractivity contribution is -0.126. The molecule has 2 atom stereocenters. The number of hydrogen-bond acceptors (Lipinski definition) is 2. The van der Waals surface area contributed by atoms with Crippen LogP contribution in [-0.2, 0) is 4.79 Å². The van der Waals surface area contributed by atoms with Crippen molar-refractivity contribution >= 4 is 50.7 Å². The van der Waals surface area contributed by atoms with E-state index in [1.807, 2.05) is 24.3 Å². The van der Waals surface area contributed by atoms with E-state index in [-0.39, 0.29) is 11.9 Å².